The Morgan fingerprint density at radius 3 is 2.96 bits per heavy atom. The second kappa shape index (κ2) is 7.77. The minimum atomic E-state index is -0.293. The topological polar surface area (TPSA) is 130 Å². The summed E-state index contributed by atoms with van der Waals surface area (Å²) in [4.78, 5) is 18.6. The van der Waals surface area contributed by atoms with E-state index in [9.17, 15) is 9.90 Å². The lowest BCUT2D eigenvalue weighted by Crippen LogP contribution is -2.31. The van der Waals surface area contributed by atoms with Gasteiger partial charge in [0.2, 0.25) is 12.3 Å². The molecule has 0 aliphatic heterocycles. The Morgan fingerprint density at radius 1 is 1.61 bits per heavy atom. The summed E-state index contributed by atoms with van der Waals surface area (Å²) in [5, 5.41) is 9.56. The molecule has 2 rings (SSSR count). The molecule has 0 spiro atoms. The minimum absolute atomic E-state index is 0.0550. The van der Waals surface area contributed by atoms with Gasteiger partial charge in [-0.2, -0.15) is 4.98 Å². The molecule has 0 saturated heterocycles. The molecule has 10 heteroatoms. The highest BCUT2D eigenvalue weighted by atomic mass is 32.2. The first-order valence-corrected chi connectivity index (χ1v) is 8.03. The summed E-state index contributed by atoms with van der Waals surface area (Å²) in [7, 11) is 1.76. The second-order valence-corrected chi connectivity index (χ2v) is 5.73. The van der Waals surface area contributed by atoms with Crippen molar-refractivity contribution in [3.8, 4) is 0 Å². The number of imidazole rings is 1. The number of aromatic nitrogens is 4. The van der Waals surface area contributed by atoms with E-state index in [0.717, 1.165) is 0 Å². The van der Waals surface area contributed by atoms with Crippen LogP contribution in [-0.4, -0.2) is 36.9 Å². The number of fused-ring (bicyclic) bond motifs is 1. The Balaban J connectivity index is 2.23. The Hall–Kier alpha value is -1.62. The van der Waals surface area contributed by atoms with E-state index in [1.165, 1.54) is 0 Å². The molecule has 23 heavy (non-hydrogen) atoms. The lowest BCUT2D eigenvalue weighted by Gasteiger charge is -2.21. The van der Waals surface area contributed by atoms with E-state index in [-0.39, 0.29) is 30.1 Å². The number of hydrogen-bond donors (Lipinski definition) is 4. The Bertz CT molecular complexity index is 716. The maximum absolute atomic E-state index is 12.0. The lowest BCUT2D eigenvalue weighted by molar-refractivity contribution is -0.646. The van der Waals surface area contributed by atoms with Crippen LogP contribution >= 0.6 is 12.3 Å². The number of nitrogens with one attached hydrogen (secondary N) is 1. The molecule has 0 bridgehead atoms. The van der Waals surface area contributed by atoms with Gasteiger partial charge in [0.1, 0.15) is 0 Å². The highest BCUT2D eigenvalue weighted by Crippen LogP contribution is 2.20. The molecule has 5 N–H and O–H groups in total. The molecule has 2 heterocycles. The predicted molar refractivity (Wildman–Crippen MR) is 86.5 cm³/mol. The van der Waals surface area contributed by atoms with Gasteiger partial charge in [0.15, 0.2) is 12.3 Å². The second-order valence-electron chi connectivity index (χ2n) is 5.39. The summed E-state index contributed by atoms with van der Waals surface area (Å²) in [6.07, 6.45) is 2.79. The molecule has 1 unspecified atom stereocenters. The van der Waals surface area contributed by atoms with Crippen LogP contribution in [0.1, 0.15) is 19.8 Å². The first kappa shape index (κ1) is 17.7. The Kier molecular flexibility index (Phi) is 5.99. The van der Waals surface area contributed by atoms with Crippen molar-refractivity contribution in [2.45, 2.75) is 32.4 Å². The molecule has 0 fully saturated rings. The summed E-state index contributed by atoms with van der Waals surface area (Å²) in [6.45, 7) is 2.41. The van der Waals surface area contributed by atoms with Crippen LogP contribution in [0.25, 0.3) is 11.2 Å². The number of H-pyrrole nitrogens is 1. The zero-order valence-corrected chi connectivity index (χ0v) is 13.9. The average Bonchev–Trinajstić information content (AvgIpc) is 2.82. The highest BCUT2D eigenvalue weighted by molar-refractivity contribution is 7.88. The third-order valence-electron chi connectivity index (χ3n) is 3.90. The number of aliphatic hydroxyl groups excluding tert-OH is 1. The van der Waals surface area contributed by atoms with Crippen molar-refractivity contribution in [2.24, 2.45) is 13.0 Å². The van der Waals surface area contributed by atoms with Crippen LogP contribution in [0.4, 0.5) is 5.95 Å². The number of nitrogen functional groups attached to an aromatic ring is 1. The fourth-order valence-corrected chi connectivity index (χ4v) is 3.11. The number of aryl methyl sites for hydroxylation is 2. The van der Waals surface area contributed by atoms with E-state index in [4.69, 9.17) is 14.5 Å². The molecule has 0 radical (unpaired) electrons. The molecule has 9 nitrogen and oxygen atoms in total. The normalized spacial score (nSPS) is 14.3. The van der Waals surface area contributed by atoms with Crippen molar-refractivity contribution in [2.75, 3.05) is 12.3 Å². The van der Waals surface area contributed by atoms with E-state index in [0.29, 0.717) is 42.9 Å². The molecule has 0 aliphatic carbocycles. The van der Waals surface area contributed by atoms with E-state index in [2.05, 4.69) is 9.97 Å². The first-order chi connectivity index (χ1) is 11.0. The van der Waals surface area contributed by atoms with Gasteiger partial charge in [0.25, 0.3) is 11.2 Å². The van der Waals surface area contributed by atoms with Gasteiger partial charge in [-0.15, -0.1) is 0 Å². The molecule has 2 aromatic rings. The largest absolute Gasteiger partial charge is 0.396 e. The zero-order valence-electron chi connectivity index (χ0n) is 13.1. The van der Waals surface area contributed by atoms with Crippen LogP contribution in [0.5, 0.6) is 0 Å². The monoisotopic (exact) mass is 344 g/mol. The predicted octanol–water partition coefficient (Wildman–Crippen LogP) is 0.0463. The van der Waals surface area contributed by atoms with Crippen molar-refractivity contribution in [3.05, 3.63) is 16.7 Å². The Labute approximate surface area is 137 Å². The number of rotatable bonds is 8. The van der Waals surface area contributed by atoms with Crippen LogP contribution in [0, 0.1) is 5.92 Å². The van der Waals surface area contributed by atoms with Crippen molar-refractivity contribution >= 4 is 29.4 Å². The van der Waals surface area contributed by atoms with Gasteiger partial charge < -0.3 is 15.4 Å². The molecule has 0 aliphatic rings. The van der Waals surface area contributed by atoms with Crippen molar-refractivity contribution < 1.29 is 18.4 Å². The smallest absolute Gasteiger partial charge is 0.304 e. The van der Waals surface area contributed by atoms with Gasteiger partial charge in [-0.3, -0.25) is 14.0 Å². The Morgan fingerprint density at radius 2 is 2.35 bits per heavy atom. The molecule has 0 amide bonds. The standard InChI is InChI=1S/C13H21N5O4S/c1-3-9(22-23-21)8(6-19)4-5-18-7-17(2)10-11(18)15-13(14)16-12(10)20/h7-9,19H,3-6H2,1-2H3,(H3-,14,15,16,20,21)/p+1/t8-,9?/m1/s1. The fourth-order valence-electron chi connectivity index (χ4n) is 2.71. The molecular formula is C13H22N5O4S+. The van der Waals surface area contributed by atoms with Crippen LogP contribution in [0.15, 0.2) is 11.1 Å². The highest BCUT2D eigenvalue weighted by Gasteiger charge is 2.24. The number of nitrogens with zero attached hydrogens (tertiary/aromatic N) is 3. The van der Waals surface area contributed by atoms with Gasteiger partial charge in [-0.25, -0.2) is 9.13 Å². The van der Waals surface area contributed by atoms with E-state index in [1.807, 2.05) is 11.5 Å². The molecule has 2 atom stereocenters. The third kappa shape index (κ3) is 3.83. The first-order valence-electron chi connectivity index (χ1n) is 7.33. The van der Waals surface area contributed by atoms with E-state index >= 15 is 0 Å². The fraction of sp³-hybridized carbons (Fsp3) is 0.615. The maximum Gasteiger partial charge on any atom is 0.304 e. The third-order valence-corrected chi connectivity index (χ3v) is 4.24. The maximum atomic E-state index is 12.0. The SMILES string of the molecule is CCC(OSO)[C@@H](CO)CCn1c[n+](C)c2c(=O)[nH]c(N)nc21. The summed E-state index contributed by atoms with van der Waals surface area (Å²) >= 11 is 0.314. The van der Waals surface area contributed by atoms with Crippen LogP contribution < -0.4 is 15.9 Å². The number of aliphatic hydroxyl groups is 1. The molecule has 0 saturated carbocycles. The van der Waals surface area contributed by atoms with E-state index in [1.54, 1.807) is 17.9 Å². The number of aromatic amines is 1. The lowest BCUT2D eigenvalue weighted by atomic mass is 9.97. The molecule has 0 aromatic carbocycles. The number of hydrogen-bond acceptors (Lipinski definition) is 7. The quantitative estimate of drug-likeness (QED) is 0.393. The number of anilines is 1. The zero-order chi connectivity index (χ0) is 17.0. The van der Waals surface area contributed by atoms with Crippen molar-refractivity contribution in [1.82, 2.24) is 14.5 Å². The van der Waals surface area contributed by atoms with Crippen molar-refractivity contribution in [1.29, 1.82) is 0 Å². The van der Waals surface area contributed by atoms with Gasteiger partial charge >= 0.3 is 5.56 Å². The average molecular weight is 344 g/mol. The van der Waals surface area contributed by atoms with Crippen LogP contribution in [0.3, 0.4) is 0 Å². The molecule has 128 valence electrons. The van der Waals surface area contributed by atoms with Gasteiger partial charge in [0, 0.05) is 12.5 Å². The summed E-state index contributed by atoms with van der Waals surface area (Å²) in [6, 6.07) is 0. The van der Waals surface area contributed by atoms with Gasteiger partial charge in [0.05, 0.1) is 19.7 Å². The van der Waals surface area contributed by atoms with E-state index < -0.39 is 0 Å². The van der Waals surface area contributed by atoms with Crippen molar-refractivity contribution in [3.63, 3.8) is 0 Å². The number of nitrogens with two attached hydrogens (primary N) is 1. The van der Waals surface area contributed by atoms with Crippen LogP contribution in [0.2, 0.25) is 0 Å². The minimum Gasteiger partial charge on any atom is -0.396 e. The molecular weight excluding hydrogens is 322 g/mol. The van der Waals surface area contributed by atoms with Gasteiger partial charge in [-0.1, -0.05) is 6.92 Å². The summed E-state index contributed by atoms with van der Waals surface area (Å²) < 4.78 is 17.5. The van der Waals surface area contributed by atoms with Crippen LogP contribution in [-0.2, 0) is 17.8 Å². The summed E-state index contributed by atoms with van der Waals surface area (Å²) in [5.41, 5.74) is 6.26. The van der Waals surface area contributed by atoms with Gasteiger partial charge in [-0.05, 0) is 12.8 Å². The summed E-state index contributed by atoms with van der Waals surface area (Å²) in [5.74, 6) is -0.0747. The molecule has 2 aromatic heterocycles.